The van der Waals surface area contributed by atoms with E-state index in [2.05, 4.69) is 10.5 Å². The Kier molecular flexibility index (Phi) is 6.06. The molecule has 0 fully saturated rings. The number of carboxylic acid groups (broad SMARTS) is 1. The molecule has 2 aromatic carbocycles. The van der Waals surface area contributed by atoms with Crippen LogP contribution in [0.15, 0.2) is 41.5 Å². The van der Waals surface area contributed by atoms with Gasteiger partial charge in [0.2, 0.25) is 0 Å². The summed E-state index contributed by atoms with van der Waals surface area (Å²) in [5, 5.41) is 44.5. The number of ether oxygens (including phenoxy) is 1. The minimum absolute atomic E-state index is 0.00211. The first-order valence-electron chi connectivity index (χ1n) is 7.60. The Balaban J connectivity index is 2.44. The van der Waals surface area contributed by atoms with Crippen LogP contribution < -0.4 is 10.2 Å². The van der Waals surface area contributed by atoms with Gasteiger partial charge in [-0.3, -0.25) is 25.7 Å². The number of hydrazone groups is 1. The predicted octanol–water partition coefficient (Wildman–Crippen LogP) is 2.51. The molecule has 3 N–H and O–H groups in total. The number of aromatic hydroxyl groups is 1. The van der Waals surface area contributed by atoms with E-state index in [4.69, 9.17) is 9.84 Å². The molecule has 12 nitrogen and oxygen atoms in total. The Bertz CT molecular complexity index is 973. The number of benzene rings is 2. The Morgan fingerprint density at radius 2 is 1.86 bits per heavy atom. The molecule has 0 saturated heterocycles. The van der Waals surface area contributed by atoms with E-state index in [-0.39, 0.29) is 11.4 Å². The second-order valence-corrected chi connectivity index (χ2v) is 5.39. The van der Waals surface area contributed by atoms with Crippen LogP contribution in [0, 0.1) is 20.2 Å². The van der Waals surface area contributed by atoms with Crippen molar-refractivity contribution >= 4 is 28.7 Å². The molecule has 0 bridgehead atoms. The smallest absolute Gasteiger partial charge is 0.341 e. The maximum atomic E-state index is 11.3. The molecule has 12 heteroatoms. The van der Waals surface area contributed by atoms with Crippen molar-refractivity contribution in [2.75, 3.05) is 12.0 Å². The van der Waals surface area contributed by atoms with E-state index < -0.39 is 39.5 Å². The average Bonchev–Trinajstić information content (AvgIpc) is 2.63. The van der Waals surface area contributed by atoms with Crippen molar-refractivity contribution < 1.29 is 29.6 Å². The highest BCUT2D eigenvalue weighted by atomic mass is 16.6. The third kappa shape index (κ3) is 4.91. The van der Waals surface area contributed by atoms with E-state index in [1.165, 1.54) is 12.1 Å². The van der Waals surface area contributed by atoms with Crippen LogP contribution in [0.4, 0.5) is 17.1 Å². The number of carbonyl (C=O) groups is 1. The summed E-state index contributed by atoms with van der Waals surface area (Å²) in [6.07, 6.45) is 0. The number of carboxylic acids is 1. The summed E-state index contributed by atoms with van der Waals surface area (Å²) in [6, 6.07) is 7.68. The Morgan fingerprint density at radius 3 is 2.43 bits per heavy atom. The van der Waals surface area contributed by atoms with Gasteiger partial charge in [-0.1, -0.05) is 12.1 Å². The summed E-state index contributed by atoms with van der Waals surface area (Å²) < 4.78 is 4.86. The van der Waals surface area contributed by atoms with Crippen molar-refractivity contribution in [1.82, 2.24) is 0 Å². The lowest BCUT2D eigenvalue weighted by atomic mass is 10.1. The number of aliphatic carboxylic acids is 1. The molecule has 2 aromatic rings. The van der Waals surface area contributed by atoms with Gasteiger partial charge in [-0.15, -0.1) is 0 Å². The van der Waals surface area contributed by atoms with Crippen molar-refractivity contribution in [1.29, 1.82) is 0 Å². The molecule has 146 valence electrons. The van der Waals surface area contributed by atoms with Crippen LogP contribution in [0.5, 0.6) is 11.5 Å². The molecule has 0 aromatic heterocycles. The monoisotopic (exact) mass is 390 g/mol. The van der Waals surface area contributed by atoms with Gasteiger partial charge in [-0.25, -0.2) is 4.79 Å². The number of hydrogen-bond donors (Lipinski definition) is 3. The zero-order valence-corrected chi connectivity index (χ0v) is 14.4. The summed E-state index contributed by atoms with van der Waals surface area (Å²) >= 11 is 0. The third-order valence-electron chi connectivity index (χ3n) is 3.43. The molecule has 0 heterocycles. The highest BCUT2D eigenvalue weighted by Gasteiger charge is 2.26. The average molecular weight is 390 g/mol. The van der Waals surface area contributed by atoms with Gasteiger partial charge in [0, 0.05) is 11.6 Å². The maximum absolute atomic E-state index is 11.3. The molecule has 2 rings (SSSR count). The lowest BCUT2D eigenvalue weighted by Crippen LogP contribution is -2.11. The molecule has 0 aliphatic heterocycles. The maximum Gasteiger partial charge on any atom is 0.341 e. The van der Waals surface area contributed by atoms with Crippen LogP contribution in [-0.4, -0.2) is 38.3 Å². The standard InChI is InChI=1S/C16H14N4O8/c1-9(10-3-2-4-11(21)5-10)17-18-12-6-15(28-8-16(22)23)14(20(26)27)7-13(12)19(24)25/h2-7,18,21H,8H2,1H3,(H,22,23). The fourth-order valence-electron chi connectivity index (χ4n) is 2.14. The highest BCUT2D eigenvalue weighted by molar-refractivity contribution is 5.99. The largest absolute Gasteiger partial charge is 0.508 e. The van der Waals surface area contributed by atoms with Crippen molar-refractivity contribution in [3.05, 3.63) is 62.2 Å². The van der Waals surface area contributed by atoms with Gasteiger partial charge in [0.05, 0.1) is 15.6 Å². The van der Waals surface area contributed by atoms with Gasteiger partial charge < -0.3 is 14.9 Å². The van der Waals surface area contributed by atoms with E-state index in [0.29, 0.717) is 17.3 Å². The van der Waals surface area contributed by atoms with Gasteiger partial charge >= 0.3 is 17.3 Å². The molecule has 0 aliphatic carbocycles. The van der Waals surface area contributed by atoms with E-state index in [0.717, 1.165) is 6.07 Å². The minimum atomic E-state index is -1.38. The zero-order chi connectivity index (χ0) is 20.8. The van der Waals surface area contributed by atoms with E-state index in [1.807, 2.05) is 0 Å². The number of nitro groups is 2. The molecular formula is C16H14N4O8. The van der Waals surface area contributed by atoms with Gasteiger partial charge in [0.25, 0.3) is 0 Å². The Labute approximate surface area is 157 Å². The second-order valence-electron chi connectivity index (χ2n) is 5.39. The predicted molar refractivity (Wildman–Crippen MR) is 96.8 cm³/mol. The van der Waals surface area contributed by atoms with E-state index >= 15 is 0 Å². The van der Waals surface area contributed by atoms with Gasteiger partial charge in [0.15, 0.2) is 12.4 Å². The summed E-state index contributed by atoms with van der Waals surface area (Å²) in [6.45, 7) is 0.699. The lowest BCUT2D eigenvalue weighted by molar-refractivity contribution is -0.394. The molecule has 0 saturated carbocycles. The van der Waals surface area contributed by atoms with Crippen molar-refractivity contribution in [2.45, 2.75) is 6.92 Å². The second kappa shape index (κ2) is 8.44. The highest BCUT2D eigenvalue weighted by Crippen LogP contribution is 2.37. The molecule has 0 amide bonds. The molecule has 0 atom stereocenters. The molecule has 0 radical (unpaired) electrons. The fraction of sp³-hybridized carbons (Fsp3) is 0.125. The topological polar surface area (TPSA) is 177 Å². The zero-order valence-electron chi connectivity index (χ0n) is 14.4. The lowest BCUT2D eigenvalue weighted by Gasteiger charge is -2.09. The molecular weight excluding hydrogens is 376 g/mol. The molecule has 0 spiro atoms. The van der Waals surface area contributed by atoms with Gasteiger partial charge in [-0.2, -0.15) is 5.10 Å². The van der Waals surface area contributed by atoms with Crippen LogP contribution in [0.2, 0.25) is 0 Å². The van der Waals surface area contributed by atoms with E-state index in [9.17, 15) is 30.1 Å². The normalized spacial score (nSPS) is 11.0. The number of phenols is 1. The molecule has 0 unspecified atom stereocenters. The van der Waals surface area contributed by atoms with Crippen LogP contribution in [0.1, 0.15) is 12.5 Å². The number of rotatable bonds is 8. The van der Waals surface area contributed by atoms with Crippen molar-refractivity contribution in [3.63, 3.8) is 0 Å². The summed E-state index contributed by atoms with van der Waals surface area (Å²) in [4.78, 5) is 31.3. The number of phenolic OH excluding ortho intramolecular Hbond substituents is 1. The van der Waals surface area contributed by atoms with E-state index in [1.54, 1.807) is 19.1 Å². The van der Waals surface area contributed by atoms with Crippen LogP contribution in [-0.2, 0) is 4.79 Å². The van der Waals surface area contributed by atoms with Crippen LogP contribution >= 0.6 is 0 Å². The fourth-order valence-corrected chi connectivity index (χ4v) is 2.14. The number of nitro benzene ring substituents is 2. The van der Waals surface area contributed by atoms with Crippen LogP contribution in [0.3, 0.4) is 0 Å². The van der Waals surface area contributed by atoms with Crippen molar-refractivity contribution in [2.24, 2.45) is 5.10 Å². The Hall–Kier alpha value is -4.22. The molecule has 0 aliphatic rings. The number of anilines is 1. The summed E-state index contributed by atoms with van der Waals surface area (Å²) in [5.41, 5.74) is 1.66. The Morgan fingerprint density at radius 1 is 1.18 bits per heavy atom. The quantitative estimate of drug-likeness (QED) is 0.347. The third-order valence-corrected chi connectivity index (χ3v) is 3.43. The SMILES string of the molecule is CC(=NNc1cc(OCC(=O)O)c([N+](=O)[O-])cc1[N+](=O)[O-])c1cccc(O)c1. The number of nitrogens with zero attached hydrogens (tertiary/aromatic N) is 3. The first-order chi connectivity index (χ1) is 13.2. The first-order valence-corrected chi connectivity index (χ1v) is 7.60. The summed E-state index contributed by atoms with van der Waals surface area (Å²) in [5.74, 6) is -1.84. The minimum Gasteiger partial charge on any atom is -0.508 e. The van der Waals surface area contributed by atoms with Gasteiger partial charge in [-0.05, 0) is 19.1 Å². The van der Waals surface area contributed by atoms with Crippen LogP contribution in [0.25, 0.3) is 0 Å². The summed E-state index contributed by atoms with van der Waals surface area (Å²) in [7, 11) is 0. The first kappa shape index (κ1) is 20.1. The van der Waals surface area contributed by atoms with Crippen molar-refractivity contribution in [3.8, 4) is 11.5 Å². The van der Waals surface area contributed by atoms with Gasteiger partial charge in [0.1, 0.15) is 17.5 Å². The number of nitrogens with one attached hydrogen (secondary N) is 1. The number of hydrogen-bond acceptors (Lipinski definition) is 9. The molecule has 28 heavy (non-hydrogen) atoms.